The van der Waals surface area contributed by atoms with Crippen molar-refractivity contribution in [2.45, 2.75) is 57.9 Å². The lowest BCUT2D eigenvalue weighted by Gasteiger charge is -2.27. The third-order valence-corrected chi connectivity index (χ3v) is 4.09. The van der Waals surface area contributed by atoms with Crippen molar-refractivity contribution in [2.24, 2.45) is 5.92 Å². The predicted octanol–water partition coefficient (Wildman–Crippen LogP) is 3.39. The lowest BCUT2D eigenvalue weighted by Crippen LogP contribution is -2.33. The highest BCUT2D eigenvalue weighted by Gasteiger charge is 2.38. The molecule has 3 rings (SSSR count). The highest BCUT2D eigenvalue weighted by molar-refractivity contribution is 5.49. The van der Waals surface area contributed by atoms with Gasteiger partial charge in [0.2, 0.25) is 0 Å². The number of anilines is 2. The maximum Gasteiger partial charge on any atom is 0.136 e. The predicted molar refractivity (Wildman–Crippen MR) is 78.6 cm³/mol. The van der Waals surface area contributed by atoms with Crippen LogP contribution in [0.15, 0.2) is 6.07 Å². The Kier molecular flexibility index (Phi) is 3.11. The number of rotatable bonds is 6. The van der Waals surface area contributed by atoms with Crippen LogP contribution in [0, 0.1) is 5.92 Å². The second-order valence-corrected chi connectivity index (χ2v) is 6.42. The molecule has 2 saturated carbocycles. The maximum atomic E-state index is 4.71. The molecule has 104 valence electrons. The third-order valence-electron chi connectivity index (χ3n) is 4.09. The summed E-state index contributed by atoms with van der Waals surface area (Å²) in [7, 11) is 0. The smallest absolute Gasteiger partial charge is 0.136 e. The SMILES string of the molecule is CCNc1cc(NC(C)(C)C2CC2)nc(C2CC2)n1. The highest BCUT2D eigenvalue weighted by Crippen LogP contribution is 2.42. The van der Waals surface area contributed by atoms with Crippen LogP contribution in [0.4, 0.5) is 11.6 Å². The number of hydrogen-bond donors (Lipinski definition) is 2. The van der Waals surface area contributed by atoms with Crippen LogP contribution in [-0.2, 0) is 0 Å². The van der Waals surface area contributed by atoms with Crippen molar-refractivity contribution >= 4 is 11.6 Å². The van der Waals surface area contributed by atoms with Gasteiger partial charge in [-0.1, -0.05) is 0 Å². The molecule has 19 heavy (non-hydrogen) atoms. The molecule has 0 aliphatic heterocycles. The van der Waals surface area contributed by atoms with Gasteiger partial charge in [-0.05, 0) is 52.4 Å². The Labute approximate surface area is 115 Å². The molecule has 1 aromatic rings. The van der Waals surface area contributed by atoms with Crippen LogP contribution in [0.5, 0.6) is 0 Å². The van der Waals surface area contributed by atoms with E-state index in [1.807, 2.05) is 6.07 Å². The Morgan fingerprint density at radius 2 is 1.84 bits per heavy atom. The van der Waals surface area contributed by atoms with E-state index in [-0.39, 0.29) is 5.54 Å². The molecule has 2 aliphatic carbocycles. The average molecular weight is 260 g/mol. The van der Waals surface area contributed by atoms with Gasteiger partial charge in [0.15, 0.2) is 0 Å². The van der Waals surface area contributed by atoms with Crippen molar-refractivity contribution < 1.29 is 0 Å². The van der Waals surface area contributed by atoms with Crippen LogP contribution in [0.3, 0.4) is 0 Å². The minimum absolute atomic E-state index is 0.138. The van der Waals surface area contributed by atoms with Gasteiger partial charge in [0.1, 0.15) is 17.5 Å². The number of nitrogens with zero attached hydrogens (tertiary/aromatic N) is 2. The summed E-state index contributed by atoms with van der Waals surface area (Å²) in [6.45, 7) is 7.54. The molecular formula is C15H24N4. The van der Waals surface area contributed by atoms with Gasteiger partial charge in [-0.15, -0.1) is 0 Å². The van der Waals surface area contributed by atoms with E-state index >= 15 is 0 Å². The van der Waals surface area contributed by atoms with Crippen LogP contribution in [-0.4, -0.2) is 22.1 Å². The fourth-order valence-corrected chi connectivity index (χ4v) is 2.56. The minimum Gasteiger partial charge on any atom is -0.370 e. The zero-order chi connectivity index (χ0) is 13.5. The molecule has 4 heteroatoms. The average Bonchev–Trinajstić information content (AvgIpc) is 3.19. The van der Waals surface area contributed by atoms with Gasteiger partial charge in [-0.25, -0.2) is 9.97 Å². The third kappa shape index (κ3) is 2.99. The monoisotopic (exact) mass is 260 g/mol. The van der Waals surface area contributed by atoms with Crippen LogP contribution >= 0.6 is 0 Å². The van der Waals surface area contributed by atoms with E-state index in [2.05, 4.69) is 36.4 Å². The second kappa shape index (κ2) is 4.66. The molecule has 2 N–H and O–H groups in total. The summed E-state index contributed by atoms with van der Waals surface area (Å²) < 4.78 is 0. The molecule has 4 nitrogen and oxygen atoms in total. The van der Waals surface area contributed by atoms with Crippen molar-refractivity contribution in [1.29, 1.82) is 0 Å². The van der Waals surface area contributed by atoms with Crippen LogP contribution in [0.25, 0.3) is 0 Å². The largest absolute Gasteiger partial charge is 0.370 e. The van der Waals surface area contributed by atoms with Gasteiger partial charge in [0, 0.05) is 24.1 Å². The van der Waals surface area contributed by atoms with E-state index in [1.54, 1.807) is 0 Å². The molecule has 2 aliphatic rings. The molecule has 1 aromatic heterocycles. The van der Waals surface area contributed by atoms with Gasteiger partial charge < -0.3 is 10.6 Å². The van der Waals surface area contributed by atoms with Crippen molar-refractivity contribution in [3.63, 3.8) is 0 Å². The van der Waals surface area contributed by atoms with E-state index in [1.165, 1.54) is 25.7 Å². The van der Waals surface area contributed by atoms with Gasteiger partial charge in [-0.2, -0.15) is 0 Å². The molecule has 0 amide bonds. The van der Waals surface area contributed by atoms with Crippen LogP contribution in [0.1, 0.15) is 58.2 Å². The first-order valence-corrected chi connectivity index (χ1v) is 7.49. The van der Waals surface area contributed by atoms with Crippen LogP contribution in [0.2, 0.25) is 0 Å². The lowest BCUT2D eigenvalue weighted by atomic mass is 9.99. The second-order valence-electron chi connectivity index (χ2n) is 6.42. The summed E-state index contributed by atoms with van der Waals surface area (Å²) in [4.78, 5) is 9.32. The Morgan fingerprint density at radius 3 is 2.42 bits per heavy atom. The number of aromatic nitrogens is 2. The van der Waals surface area contributed by atoms with E-state index < -0.39 is 0 Å². The molecule has 0 aromatic carbocycles. The summed E-state index contributed by atoms with van der Waals surface area (Å²) in [5, 5.41) is 6.92. The van der Waals surface area contributed by atoms with E-state index in [0.29, 0.717) is 5.92 Å². The summed E-state index contributed by atoms with van der Waals surface area (Å²) in [5.74, 6) is 4.31. The fraction of sp³-hybridized carbons (Fsp3) is 0.733. The molecule has 1 heterocycles. The first-order valence-electron chi connectivity index (χ1n) is 7.49. The molecule has 0 unspecified atom stereocenters. The quantitative estimate of drug-likeness (QED) is 0.823. The Hall–Kier alpha value is -1.32. The Balaban J connectivity index is 1.82. The van der Waals surface area contributed by atoms with E-state index in [9.17, 15) is 0 Å². The van der Waals surface area contributed by atoms with Gasteiger partial charge in [0.05, 0.1) is 0 Å². The lowest BCUT2D eigenvalue weighted by molar-refractivity contribution is 0.492. The van der Waals surface area contributed by atoms with Gasteiger partial charge >= 0.3 is 0 Å². The summed E-state index contributed by atoms with van der Waals surface area (Å²) in [5.41, 5.74) is 0.138. The summed E-state index contributed by atoms with van der Waals surface area (Å²) in [6.07, 6.45) is 5.14. The van der Waals surface area contributed by atoms with Crippen molar-refractivity contribution in [2.75, 3.05) is 17.2 Å². The molecule has 0 bridgehead atoms. The topological polar surface area (TPSA) is 49.8 Å². The van der Waals surface area contributed by atoms with Gasteiger partial charge in [0.25, 0.3) is 0 Å². The highest BCUT2D eigenvalue weighted by atomic mass is 15.1. The summed E-state index contributed by atoms with van der Waals surface area (Å²) >= 11 is 0. The van der Waals surface area contributed by atoms with Crippen molar-refractivity contribution in [3.8, 4) is 0 Å². The maximum absolute atomic E-state index is 4.71. The molecule has 0 atom stereocenters. The number of nitrogens with one attached hydrogen (secondary N) is 2. The molecule has 0 saturated heterocycles. The van der Waals surface area contributed by atoms with Gasteiger partial charge in [-0.3, -0.25) is 0 Å². The molecule has 2 fully saturated rings. The number of hydrogen-bond acceptors (Lipinski definition) is 4. The van der Waals surface area contributed by atoms with Crippen molar-refractivity contribution in [3.05, 3.63) is 11.9 Å². The Morgan fingerprint density at radius 1 is 1.16 bits per heavy atom. The molecule has 0 radical (unpaired) electrons. The molecule has 0 spiro atoms. The van der Waals surface area contributed by atoms with Crippen molar-refractivity contribution in [1.82, 2.24) is 9.97 Å². The fourth-order valence-electron chi connectivity index (χ4n) is 2.56. The normalized spacial score (nSPS) is 19.3. The first-order chi connectivity index (χ1) is 9.08. The summed E-state index contributed by atoms with van der Waals surface area (Å²) in [6, 6.07) is 2.04. The zero-order valence-electron chi connectivity index (χ0n) is 12.2. The van der Waals surface area contributed by atoms with Crippen LogP contribution < -0.4 is 10.6 Å². The first kappa shape index (κ1) is 12.7. The standard InChI is InChI=1S/C15H24N4/c1-4-16-12-9-13(18-14(17-12)10-5-6-10)19-15(2,3)11-7-8-11/h9-11H,4-8H2,1-3H3,(H2,16,17,18,19). The van der Waals surface area contributed by atoms with E-state index in [4.69, 9.17) is 4.98 Å². The Bertz CT molecular complexity index is 461. The molecular weight excluding hydrogens is 236 g/mol. The minimum atomic E-state index is 0.138. The zero-order valence-corrected chi connectivity index (χ0v) is 12.2. The van der Waals surface area contributed by atoms with E-state index in [0.717, 1.165) is 29.9 Å².